The largest absolute Gasteiger partial charge is 0.384 e. The molecular formula is C9H11N3. The smallest absolute Gasteiger partial charge is 0.123 e. The number of hydrogen-bond donors (Lipinski definition) is 1. The van der Waals surface area contributed by atoms with Crippen LogP contribution in [0.5, 0.6) is 0 Å². The van der Waals surface area contributed by atoms with E-state index in [1.54, 1.807) is 0 Å². The quantitative estimate of drug-likeness (QED) is 0.563. The number of dihydropyridines is 1. The van der Waals surface area contributed by atoms with E-state index < -0.39 is 0 Å². The molecule has 0 aromatic rings. The number of allylic oxidation sites excluding steroid dienone is 2. The van der Waals surface area contributed by atoms with E-state index in [1.165, 1.54) is 5.57 Å². The van der Waals surface area contributed by atoms with E-state index in [4.69, 9.17) is 5.73 Å². The maximum atomic E-state index is 5.57. The molecule has 2 aliphatic heterocycles. The van der Waals surface area contributed by atoms with E-state index in [9.17, 15) is 0 Å². The molecule has 3 heteroatoms. The molecule has 3 nitrogen and oxygen atoms in total. The van der Waals surface area contributed by atoms with Crippen LogP contribution in [0.1, 0.15) is 6.92 Å². The molecule has 0 aromatic carbocycles. The van der Waals surface area contributed by atoms with Crippen LogP contribution in [0.25, 0.3) is 0 Å². The second-order valence-electron chi connectivity index (χ2n) is 3.08. The number of hydrogen-bond acceptors (Lipinski definition) is 3. The molecule has 0 radical (unpaired) electrons. The first-order valence-electron chi connectivity index (χ1n) is 4.02. The highest BCUT2D eigenvalue weighted by atomic mass is 14.9. The zero-order valence-corrected chi connectivity index (χ0v) is 6.94. The van der Waals surface area contributed by atoms with Gasteiger partial charge in [0.25, 0.3) is 0 Å². The number of aliphatic imine (C=N–C) groups is 2. The summed E-state index contributed by atoms with van der Waals surface area (Å²) in [6.07, 6.45) is 7.61. The van der Waals surface area contributed by atoms with Crippen molar-refractivity contribution in [2.24, 2.45) is 21.6 Å². The van der Waals surface area contributed by atoms with Gasteiger partial charge in [0.2, 0.25) is 0 Å². The Bertz CT molecular complexity index is 310. The summed E-state index contributed by atoms with van der Waals surface area (Å²) in [5.74, 6) is 0.905. The van der Waals surface area contributed by atoms with Crippen molar-refractivity contribution in [2.75, 3.05) is 0 Å². The van der Waals surface area contributed by atoms with Crippen LogP contribution in [0, 0.1) is 5.92 Å². The highest BCUT2D eigenvalue weighted by Crippen LogP contribution is 2.23. The fraction of sp³-hybridized carbons (Fsp3) is 0.333. The average Bonchev–Trinajstić information content (AvgIpc) is 2.04. The zero-order valence-electron chi connectivity index (χ0n) is 6.94. The summed E-state index contributed by atoms with van der Waals surface area (Å²) < 4.78 is 0. The van der Waals surface area contributed by atoms with Gasteiger partial charge in [0.15, 0.2) is 0 Å². The van der Waals surface area contributed by atoms with Gasteiger partial charge in [-0.25, -0.2) is 4.99 Å². The van der Waals surface area contributed by atoms with Crippen molar-refractivity contribution in [3.05, 3.63) is 23.5 Å². The fourth-order valence-electron chi connectivity index (χ4n) is 1.48. The molecule has 0 spiro atoms. The monoisotopic (exact) mass is 161 g/mol. The molecule has 0 saturated heterocycles. The minimum Gasteiger partial charge on any atom is -0.384 e. The molecule has 2 rings (SSSR count). The molecule has 0 fully saturated rings. The Labute approximate surface area is 71.4 Å². The van der Waals surface area contributed by atoms with Crippen LogP contribution in [-0.2, 0) is 0 Å². The SMILES string of the molecule is CC1N=CC=C2C=C(N)N=CC21. The molecule has 0 saturated carbocycles. The Morgan fingerprint density at radius 1 is 1.50 bits per heavy atom. The van der Waals surface area contributed by atoms with Gasteiger partial charge >= 0.3 is 0 Å². The molecule has 12 heavy (non-hydrogen) atoms. The standard InChI is InChI=1S/C9H11N3/c1-6-8-5-12-9(10)4-7(8)2-3-11-6/h2-6,8H,10H2,1H3. The van der Waals surface area contributed by atoms with Crippen LogP contribution >= 0.6 is 0 Å². The Hall–Kier alpha value is -1.38. The van der Waals surface area contributed by atoms with Gasteiger partial charge in [0.05, 0.1) is 6.04 Å². The summed E-state index contributed by atoms with van der Waals surface area (Å²) in [7, 11) is 0. The van der Waals surface area contributed by atoms with E-state index in [2.05, 4.69) is 16.9 Å². The molecule has 0 aliphatic carbocycles. The lowest BCUT2D eigenvalue weighted by Crippen LogP contribution is -2.24. The molecule has 2 atom stereocenters. The van der Waals surface area contributed by atoms with Crippen LogP contribution in [-0.4, -0.2) is 18.5 Å². The minimum atomic E-state index is 0.290. The third kappa shape index (κ3) is 1.07. The molecule has 2 aliphatic rings. The molecule has 62 valence electrons. The fourth-order valence-corrected chi connectivity index (χ4v) is 1.48. The van der Waals surface area contributed by atoms with E-state index in [0.717, 1.165) is 0 Å². The lowest BCUT2D eigenvalue weighted by molar-refractivity contribution is 0.647. The predicted molar refractivity (Wildman–Crippen MR) is 50.3 cm³/mol. The van der Waals surface area contributed by atoms with Crippen molar-refractivity contribution < 1.29 is 0 Å². The minimum absolute atomic E-state index is 0.290. The summed E-state index contributed by atoms with van der Waals surface area (Å²) in [5.41, 5.74) is 6.78. The van der Waals surface area contributed by atoms with Crippen molar-refractivity contribution in [1.82, 2.24) is 0 Å². The number of fused-ring (bicyclic) bond motifs is 1. The van der Waals surface area contributed by atoms with E-state index in [-0.39, 0.29) is 6.04 Å². The van der Waals surface area contributed by atoms with Crippen LogP contribution in [0.3, 0.4) is 0 Å². The number of nitrogens with zero attached hydrogens (tertiary/aromatic N) is 2. The van der Waals surface area contributed by atoms with E-state index in [1.807, 2.05) is 24.6 Å². The number of rotatable bonds is 0. The third-order valence-electron chi connectivity index (χ3n) is 2.19. The van der Waals surface area contributed by atoms with Crippen molar-refractivity contribution in [3.63, 3.8) is 0 Å². The van der Waals surface area contributed by atoms with E-state index >= 15 is 0 Å². The highest BCUT2D eigenvalue weighted by Gasteiger charge is 2.22. The van der Waals surface area contributed by atoms with Crippen LogP contribution in [0.2, 0.25) is 0 Å². The molecule has 2 unspecified atom stereocenters. The van der Waals surface area contributed by atoms with Gasteiger partial charge in [-0.05, 0) is 24.6 Å². The summed E-state index contributed by atoms with van der Waals surface area (Å²) in [5, 5.41) is 0. The van der Waals surface area contributed by atoms with Crippen molar-refractivity contribution in [2.45, 2.75) is 13.0 Å². The molecule has 0 amide bonds. The van der Waals surface area contributed by atoms with Crippen LogP contribution in [0.15, 0.2) is 33.5 Å². The lowest BCUT2D eigenvalue weighted by Gasteiger charge is -2.23. The van der Waals surface area contributed by atoms with Crippen molar-refractivity contribution >= 4 is 12.4 Å². The Balaban J connectivity index is 2.37. The van der Waals surface area contributed by atoms with Gasteiger partial charge in [-0.1, -0.05) is 0 Å². The van der Waals surface area contributed by atoms with Gasteiger partial charge in [0, 0.05) is 18.3 Å². The van der Waals surface area contributed by atoms with Crippen molar-refractivity contribution in [3.8, 4) is 0 Å². The predicted octanol–water partition coefficient (Wildman–Crippen LogP) is 0.886. The topological polar surface area (TPSA) is 50.7 Å². The van der Waals surface area contributed by atoms with Crippen LogP contribution < -0.4 is 5.73 Å². The normalized spacial score (nSPS) is 32.4. The first kappa shape index (κ1) is 7.28. The molecule has 2 N–H and O–H groups in total. The first-order valence-corrected chi connectivity index (χ1v) is 4.02. The van der Waals surface area contributed by atoms with Gasteiger partial charge in [-0.2, -0.15) is 0 Å². The first-order chi connectivity index (χ1) is 5.77. The second-order valence-corrected chi connectivity index (χ2v) is 3.08. The maximum Gasteiger partial charge on any atom is 0.123 e. The molecular weight excluding hydrogens is 150 g/mol. The average molecular weight is 161 g/mol. The van der Waals surface area contributed by atoms with E-state index in [0.29, 0.717) is 11.7 Å². The summed E-state index contributed by atoms with van der Waals surface area (Å²) in [4.78, 5) is 8.34. The van der Waals surface area contributed by atoms with Crippen molar-refractivity contribution in [1.29, 1.82) is 0 Å². The Kier molecular flexibility index (Phi) is 1.57. The Morgan fingerprint density at radius 3 is 3.17 bits per heavy atom. The zero-order chi connectivity index (χ0) is 8.55. The highest BCUT2D eigenvalue weighted by molar-refractivity contribution is 5.81. The van der Waals surface area contributed by atoms with Gasteiger partial charge in [-0.15, -0.1) is 0 Å². The third-order valence-corrected chi connectivity index (χ3v) is 2.19. The summed E-state index contributed by atoms with van der Waals surface area (Å²) >= 11 is 0. The van der Waals surface area contributed by atoms with Gasteiger partial charge in [-0.3, -0.25) is 4.99 Å². The summed E-state index contributed by atoms with van der Waals surface area (Å²) in [6, 6.07) is 0.290. The second kappa shape index (κ2) is 2.59. The van der Waals surface area contributed by atoms with Gasteiger partial charge < -0.3 is 5.73 Å². The molecule has 0 bridgehead atoms. The Morgan fingerprint density at radius 2 is 2.33 bits per heavy atom. The molecule has 0 aromatic heterocycles. The summed E-state index contributed by atoms with van der Waals surface area (Å²) in [6.45, 7) is 2.08. The van der Waals surface area contributed by atoms with Crippen LogP contribution in [0.4, 0.5) is 0 Å². The molecule has 2 heterocycles. The lowest BCUT2D eigenvalue weighted by atomic mass is 9.90. The number of nitrogens with two attached hydrogens (primary N) is 1. The maximum absolute atomic E-state index is 5.57. The van der Waals surface area contributed by atoms with Gasteiger partial charge in [0.1, 0.15) is 5.82 Å².